The van der Waals surface area contributed by atoms with Crippen molar-refractivity contribution in [2.45, 2.75) is 83.4 Å². The average Bonchev–Trinajstić information content (AvgIpc) is 3.03. The van der Waals surface area contributed by atoms with Gasteiger partial charge in [0.25, 0.3) is 5.91 Å². The van der Waals surface area contributed by atoms with Crippen molar-refractivity contribution in [3.63, 3.8) is 0 Å². The van der Waals surface area contributed by atoms with Gasteiger partial charge in [0.2, 0.25) is 0 Å². The van der Waals surface area contributed by atoms with Gasteiger partial charge in [-0.1, -0.05) is 18.2 Å². The molecule has 0 radical (unpaired) electrons. The number of rotatable bonds is 18. The number of amides is 2. The minimum atomic E-state index is -1.29. The summed E-state index contributed by atoms with van der Waals surface area (Å²) in [5.41, 5.74) is 0.650. The van der Waals surface area contributed by atoms with Gasteiger partial charge in [-0.2, -0.15) is 0 Å². The second kappa shape index (κ2) is 22.5. The maximum absolute atomic E-state index is 13.3. The first-order valence-corrected chi connectivity index (χ1v) is 17.2. The van der Waals surface area contributed by atoms with E-state index in [-0.39, 0.29) is 30.0 Å². The quantitative estimate of drug-likeness (QED) is 0.176. The Bertz CT molecular complexity index is 1150. The number of nitrogens with one attached hydrogen (secondary N) is 2. The van der Waals surface area contributed by atoms with Crippen LogP contribution in [0, 0.1) is 0 Å². The molecule has 13 nitrogen and oxygen atoms in total. The van der Waals surface area contributed by atoms with Gasteiger partial charge >= 0.3 is 6.09 Å². The van der Waals surface area contributed by atoms with Crippen molar-refractivity contribution in [3.8, 4) is 0 Å². The zero-order valence-electron chi connectivity index (χ0n) is 29.1. The Hall–Kier alpha value is -3.04. The molecule has 47 heavy (non-hydrogen) atoms. The molecule has 0 aromatic heterocycles. The molecule has 14 heteroatoms. The average molecular weight is 682 g/mol. The highest BCUT2D eigenvalue weighted by Gasteiger charge is 2.28. The van der Waals surface area contributed by atoms with Crippen LogP contribution in [0.3, 0.4) is 0 Å². The van der Waals surface area contributed by atoms with Crippen LogP contribution in [0.5, 0.6) is 0 Å². The molecule has 1 aliphatic rings. The fraction of sp³-hybridized carbons (Fsp3) is 0.667. The predicted molar refractivity (Wildman–Crippen MR) is 183 cm³/mol. The van der Waals surface area contributed by atoms with Crippen molar-refractivity contribution in [1.29, 1.82) is 0 Å². The van der Waals surface area contributed by atoms with Crippen molar-refractivity contribution >= 4 is 42.0 Å². The van der Waals surface area contributed by atoms with E-state index in [1.165, 1.54) is 11.9 Å². The van der Waals surface area contributed by atoms with E-state index in [1.807, 2.05) is 46.2 Å². The lowest BCUT2D eigenvalue weighted by atomic mass is 9.96. The number of hydrogen-bond acceptors (Lipinski definition) is 9. The van der Waals surface area contributed by atoms with E-state index < -0.39 is 34.8 Å². The lowest BCUT2D eigenvalue weighted by molar-refractivity contribution is -0.112. The van der Waals surface area contributed by atoms with Gasteiger partial charge in [0.15, 0.2) is 17.5 Å². The van der Waals surface area contributed by atoms with Crippen molar-refractivity contribution < 1.29 is 37.7 Å². The van der Waals surface area contributed by atoms with Crippen LogP contribution in [0.1, 0.15) is 85.6 Å². The van der Waals surface area contributed by atoms with Gasteiger partial charge in [-0.3, -0.25) is 9.59 Å². The number of nitrogens with zero attached hydrogens (tertiary/aromatic N) is 3. The van der Waals surface area contributed by atoms with Crippen LogP contribution in [-0.4, -0.2) is 127 Å². The van der Waals surface area contributed by atoms with Gasteiger partial charge in [-0.25, -0.2) is 17.6 Å². The SMILES string of the molecule is CN(C(=O)c1c(C=O)cccc1CCCOCCCN(C)S(=O)N1CCC(NC(=O)OC(C)(C)C)CC1)C(C=O)CCC=O.CNC. The summed E-state index contributed by atoms with van der Waals surface area (Å²) < 4.78 is 27.7. The molecule has 0 saturated carbocycles. The number of alkyl carbamates (subject to hydrolysis) is 1. The topological polar surface area (TPSA) is 155 Å². The van der Waals surface area contributed by atoms with Gasteiger partial charge in [-0.05, 0) is 79.0 Å². The summed E-state index contributed by atoms with van der Waals surface area (Å²) in [6.45, 7) is 8.17. The fourth-order valence-corrected chi connectivity index (χ4v) is 6.07. The molecule has 0 aliphatic carbocycles. The number of ether oxygens (including phenoxy) is 2. The van der Waals surface area contributed by atoms with Crippen LogP contribution in [0.25, 0.3) is 0 Å². The van der Waals surface area contributed by atoms with Crippen LogP contribution in [0.4, 0.5) is 4.79 Å². The summed E-state index contributed by atoms with van der Waals surface area (Å²) in [4.78, 5) is 60.5. The minimum Gasteiger partial charge on any atom is -0.444 e. The molecule has 0 bridgehead atoms. The van der Waals surface area contributed by atoms with E-state index in [9.17, 15) is 28.2 Å². The van der Waals surface area contributed by atoms with Crippen molar-refractivity contribution in [3.05, 3.63) is 34.9 Å². The summed E-state index contributed by atoms with van der Waals surface area (Å²) in [7, 11) is 7.06. The summed E-state index contributed by atoms with van der Waals surface area (Å²) >= 11 is -1.29. The molecule has 1 aromatic rings. The zero-order valence-corrected chi connectivity index (χ0v) is 29.9. The third-order valence-electron chi connectivity index (χ3n) is 7.24. The molecule has 266 valence electrons. The Kier molecular flexibility index (Phi) is 20.1. The Morgan fingerprint density at radius 1 is 1.09 bits per heavy atom. The number of likely N-dealkylation sites (N-methyl/N-ethyl adjacent to an activating group) is 1. The Balaban J connectivity index is 0.00000354. The first kappa shape index (κ1) is 42.0. The zero-order chi connectivity index (χ0) is 35.4. The molecule has 1 heterocycles. The maximum Gasteiger partial charge on any atom is 0.407 e. The van der Waals surface area contributed by atoms with Crippen LogP contribution in [0.15, 0.2) is 18.2 Å². The predicted octanol–water partition coefficient (Wildman–Crippen LogP) is 2.79. The monoisotopic (exact) mass is 681 g/mol. The lowest BCUT2D eigenvalue weighted by Gasteiger charge is -2.33. The molecular weight excluding hydrogens is 626 g/mol. The van der Waals surface area contributed by atoms with Crippen molar-refractivity contribution in [2.24, 2.45) is 0 Å². The highest BCUT2D eigenvalue weighted by Crippen LogP contribution is 2.20. The van der Waals surface area contributed by atoms with Crippen LogP contribution < -0.4 is 10.6 Å². The molecule has 2 atom stereocenters. The number of carbonyl (C=O) groups excluding carboxylic acids is 5. The smallest absolute Gasteiger partial charge is 0.407 e. The number of aldehydes is 3. The number of carbonyl (C=O) groups is 5. The number of hydrogen-bond donors (Lipinski definition) is 2. The molecule has 1 saturated heterocycles. The van der Waals surface area contributed by atoms with E-state index in [0.29, 0.717) is 89.4 Å². The van der Waals surface area contributed by atoms with Gasteiger partial charge in [0.05, 0.1) is 11.6 Å². The maximum atomic E-state index is 13.3. The summed E-state index contributed by atoms with van der Waals surface area (Å²) in [6.07, 6.45) is 5.10. The first-order valence-electron chi connectivity index (χ1n) is 16.1. The molecule has 2 N–H and O–H groups in total. The molecule has 2 unspecified atom stereocenters. The number of benzene rings is 1. The third-order valence-corrected chi connectivity index (χ3v) is 8.76. The van der Waals surface area contributed by atoms with E-state index in [1.54, 1.807) is 22.5 Å². The Labute approximate surface area is 282 Å². The molecular formula is C33H55N5O8S. The van der Waals surface area contributed by atoms with Crippen molar-refractivity contribution in [2.75, 3.05) is 61.0 Å². The highest BCUT2D eigenvalue weighted by molar-refractivity contribution is 7.80. The van der Waals surface area contributed by atoms with E-state index in [4.69, 9.17) is 9.47 Å². The van der Waals surface area contributed by atoms with Gasteiger partial charge < -0.3 is 34.6 Å². The summed E-state index contributed by atoms with van der Waals surface area (Å²) in [6, 6.07) is 4.31. The van der Waals surface area contributed by atoms with Gasteiger partial charge in [0.1, 0.15) is 18.2 Å². The summed E-state index contributed by atoms with van der Waals surface area (Å²) in [5, 5.41) is 5.64. The Morgan fingerprint density at radius 3 is 2.30 bits per heavy atom. The minimum absolute atomic E-state index is 0.00509. The fourth-order valence-electron chi connectivity index (χ4n) is 4.87. The van der Waals surface area contributed by atoms with Crippen LogP contribution >= 0.6 is 0 Å². The largest absolute Gasteiger partial charge is 0.444 e. The van der Waals surface area contributed by atoms with Gasteiger partial charge in [-0.15, -0.1) is 0 Å². The van der Waals surface area contributed by atoms with Crippen LogP contribution in [-0.2, 0) is 36.7 Å². The van der Waals surface area contributed by atoms with E-state index >= 15 is 0 Å². The van der Waals surface area contributed by atoms with E-state index in [2.05, 4.69) is 10.6 Å². The summed E-state index contributed by atoms with van der Waals surface area (Å²) in [5.74, 6) is -0.439. The third kappa shape index (κ3) is 15.6. The molecule has 1 aliphatic heterocycles. The molecule has 2 amide bonds. The number of aryl methyl sites for hydroxylation is 1. The lowest BCUT2D eigenvalue weighted by Crippen LogP contribution is -2.48. The van der Waals surface area contributed by atoms with Crippen molar-refractivity contribution in [1.82, 2.24) is 24.1 Å². The van der Waals surface area contributed by atoms with Crippen LogP contribution in [0.2, 0.25) is 0 Å². The van der Waals surface area contributed by atoms with Gasteiger partial charge in [0, 0.05) is 65.0 Å². The number of piperidine rings is 1. The first-order chi connectivity index (χ1) is 22.3. The molecule has 2 rings (SSSR count). The normalized spacial score (nSPS) is 15.1. The highest BCUT2D eigenvalue weighted by atomic mass is 32.2. The second-order valence-electron chi connectivity index (χ2n) is 12.4. The second-order valence-corrected chi connectivity index (χ2v) is 14.0. The standard InChI is InChI=1S/C31H48N4O8S.C2H7N/c1-31(2,3)43-30(40)32-26-14-17-35(18-15-26)44(41)33(4)16-9-21-42-20-8-12-24-10-6-11-25(22-37)28(24)29(39)34(5)27(23-38)13-7-19-36;1-3-2/h6,10-11,19,22-23,26-27H,7-9,12-18,20-21H2,1-5H3,(H,32,40);3H,1-2H3. The molecule has 1 aromatic carbocycles. The molecule has 1 fully saturated rings. The molecule has 0 spiro atoms. The Morgan fingerprint density at radius 2 is 1.72 bits per heavy atom. The van der Waals surface area contributed by atoms with E-state index in [0.717, 1.165) is 0 Å².